The van der Waals surface area contributed by atoms with Gasteiger partial charge in [0, 0.05) is 16.2 Å². The molecule has 8 aromatic carbocycles. The average Bonchev–Trinajstić information content (AvgIpc) is 3.84. The lowest BCUT2D eigenvalue weighted by atomic mass is 9.71. The van der Waals surface area contributed by atoms with E-state index in [1.54, 1.807) is 0 Å². The van der Waals surface area contributed by atoms with E-state index in [0.29, 0.717) is 5.41 Å². The second-order valence-electron chi connectivity index (χ2n) is 18.8. The molecule has 0 aliphatic heterocycles. The van der Waals surface area contributed by atoms with E-state index in [1.165, 1.54) is 114 Å². The Morgan fingerprint density at radius 3 is 1.73 bits per heavy atom. The normalized spacial score (nSPS) is 15.5. The van der Waals surface area contributed by atoms with E-state index in [4.69, 9.17) is 4.42 Å². The first-order valence-corrected chi connectivity index (χ1v) is 24.2. The lowest BCUT2D eigenvalue weighted by Gasteiger charge is -2.33. The molecule has 11 rings (SSSR count). The van der Waals surface area contributed by atoms with Crippen molar-refractivity contribution in [2.75, 3.05) is 0 Å². The van der Waals surface area contributed by atoms with Crippen molar-refractivity contribution in [3.05, 3.63) is 233 Å². The molecule has 0 saturated heterocycles. The number of rotatable bonds is 6. The molecule has 0 spiro atoms. The molecule has 2 aliphatic carbocycles. The summed E-state index contributed by atoms with van der Waals surface area (Å²) in [6, 6.07) is 67.8. The largest absolute Gasteiger partial charge is 0.456 e. The monoisotopic (exact) mass is 863 g/mol. The first-order chi connectivity index (χ1) is 32.1. The summed E-state index contributed by atoms with van der Waals surface area (Å²) in [5, 5.41) is 2.33. The van der Waals surface area contributed by atoms with Gasteiger partial charge in [0.15, 0.2) is 0 Å². The summed E-state index contributed by atoms with van der Waals surface area (Å²) in [7, 11) is 0. The molecular formula is C65H66O. The molecular weight excluding hydrogens is 797 g/mol. The van der Waals surface area contributed by atoms with Gasteiger partial charge in [-0.15, -0.1) is 0 Å². The molecule has 9 aromatic rings. The van der Waals surface area contributed by atoms with Gasteiger partial charge in [-0.1, -0.05) is 235 Å². The SMILES string of the molecule is CC.CCCc1ccc(C2=CCC(C)(c3ccccc3)CC2)cc1.Cc1ccc(-c2ccc(-c3ccc4oc5ccccc5c4c3)cc2)cc1.Cc1ccc2c(c1)C(C)(C)c1ccccc1-2. The lowest BCUT2D eigenvalue weighted by molar-refractivity contribution is 0.433. The summed E-state index contributed by atoms with van der Waals surface area (Å²) in [6.07, 6.45) is 8.43. The maximum atomic E-state index is 5.93. The van der Waals surface area contributed by atoms with E-state index >= 15 is 0 Å². The number of furan rings is 1. The molecule has 0 fully saturated rings. The summed E-state index contributed by atoms with van der Waals surface area (Å²) in [5.74, 6) is 0. The van der Waals surface area contributed by atoms with Crippen LogP contribution in [0.25, 0.3) is 60.9 Å². The molecule has 0 bridgehead atoms. The Hall–Kier alpha value is -6.70. The van der Waals surface area contributed by atoms with E-state index in [0.717, 1.165) is 17.6 Å². The number of hydrogen-bond donors (Lipinski definition) is 0. The third-order valence-corrected chi connectivity index (χ3v) is 13.8. The van der Waals surface area contributed by atoms with Crippen molar-refractivity contribution < 1.29 is 4.42 Å². The highest BCUT2D eigenvalue weighted by Crippen LogP contribution is 2.48. The van der Waals surface area contributed by atoms with Gasteiger partial charge in [-0.3, -0.25) is 0 Å². The van der Waals surface area contributed by atoms with Crippen LogP contribution in [0.2, 0.25) is 0 Å². The Balaban J connectivity index is 0.000000136. The fourth-order valence-corrected chi connectivity index (χ4v) is 9.83. The summed E-state index contributed by atoms with van der Waals surface area (Å²) in [4.78, 5) is 0. The zero-order chi connectivity index (χ0) is 46.3. The lowest BCUT2D eigenvalue weighted by Crippen LogP contribution is -2.23. The number of allylic oxidation sites excluding steroid dienone is 2. The van der Waals surface area contributed by atoms with Crippen LogP contribution in [0, 0.1) is 13.8 Å². The van der Waals surface area contributed by atoms with Crippen LogP contribution in [0.5, 0.6) is 0 Å². The van der Waals surface area contributed by atoms with Gasteiger partial charge in [0.1, 0.15) is 11.2 Å². The minimum absolute atomic E-state index is 0.151. The molecule has 1 nitrogen and oxygen atoms in total. The predicted molar refractivity (Wildman–Crippen MR) is 285 cm³/mol. The van der Waals surface area contributed by atoms with Crippen molar-refractivity contribution in [1.29, 1.82) is 0 Å². The zero-order valence-electron chi connectivity index (χ0n) is 40.4. The van der Waals surface area contributed by atoms with Crippen LogP contribution in [-0.4, -0.2) is 0 Å². The molecule has 0 saturated carbocycles. The highest BCUT2D eigenvalue weighted by Gasteiger charge is 2.35. The van der Waals surface area contributed by atoms with E-state index in [1.807, 2.05) is 26.0 Å². The molecule has 66 heavy (non-hydrogen) atoms. The molecule has 2 aliphatic rings. The number of benzene rings is 8. The number of aryl methyl sites for hydroxylation is 3. The average molecular weight is 863 g/mol. The van der Waals surface area contributed by atoms with Crippen molar-refractivity contribution >= 4 is 27.5 Å². The highest BCUT2D eigenvalue weighted by atomic mass is 16.3. The second-order valence-corrected chi connectivity index (χ2v) is 18.8. The maximum Gasteiger partial charge on any atom is 0.135 e. The Morgan fingerprint density at radius 1 is 0.485 bits per heavy atom. The highest BCUT2D eigenvalue weighted by molar-refractivity contribution is 6.06. The van der Waals surface area contributed by atoms with Gasteiger partial charge in [-0.05, 0) is 130 Å². The van der Waals surface area contributed by atoms with E-state index < -0.39 is 0 Å². The topological polar surface area (TPSA) is 13.1 Å². The summed E-state index contributed by atoms with van der Waals surface area (Å²) in [6.45, 7) is 17.6. The fourth-order valence-electron chi connectivity index (χ4n) is 9.83. The van der Waals surface area contributed by atoms with Crippen LogP contribution in [0.3, 0.4) is 0 Å². The van der Waals surface area contributed by atoms with Gasteiger partial charge in [-0.2, -0.15) is 0 Å². The standard InChI is InChI=1S/C25H18O.C22H26.C16H16.C2H6/c1-17-6-8-18(9-7-17)19-10-12-20(13-11-19)21-14-15-25-23(16-21)22-4-2-3-5-24(22)26-25;1-3-7-18-10-12-19(13-11-18)20-14-16-22(2,17-15-20)21-8-5-4-6-9-21;1-11-8-9-13-12-6-4-5-7-14(12)16(2,3)15(13)10-11;1-2/h2-16H,1H3;4-6,8-14H,3,7,15-17H2,1-2H3;4-10H,1-3H3;1-2H3. The Kier molecular flexibility index (Phi) is 14.0. The molecule has 1 heterocycles. The molecule has 332 valence electrons. The molecule has 1 heteroatoms. The third-order valence-electron chi connectivity index (χ3n) is 13.8. The molecule has 1 atom stereocenters. The molecule has 0 radical (unpaired) electrons. The summed E-state index contributed by atoms with van der Waals surface area (Å²) < 4.78 is 5.93. The van der Waals surface area contributed by atoms with Crippen LogP contribution in [0.1, 0.15) is 106 Å². The smallest absolute Gasteiger partial charge is 0.135 e. The first kappa shape index (κ1) is 45.9. The Bertz CT molecular complexity index is 3050. The third kappa shape index (κ3) is 9.78. The van der Waals surface area contributed by atoms with E-state index in [-0.39, 0.29) is 5.41 Å². The van der Waals surface area contributed by atoms with E-state index in [9.17, 15) is 0 Å². The molecule has 0 amide bonds. The van der Waals surface area contributed by atoms with E-state index in [2.05, 4.69) is 224 Å². The predicted octanol–water partition coefficient (Wildman–Crippen LogP) is 18.7. The van der Waals surface area contributed by atoms with Gasteiger partial charge in [-0.25, -0.2) is 0 Å². The fraction of sp³-hybridized carbons (Fsp3) is 0.231. The summed E-state index contributed by atoms with van der Waals surface area (Å²) >= 11 is 0. The van der Waals surface area contributed by atoms with Crippen molar-refractivity contribution in [2.24, 2.45) is 0 Å². The minimum atomic E-state index is 0.151. The second kappa shape index (κ2) is 20.2. The van der Waals surface area contributed by atoms with Crippen molar-refractivity contribution in [3.8, 4) is 33.4 Å². The van der Waals surface area contributed by atoms with Gasteiger partial charge >= 0.3 is 0 Å². The van der Waals surface area contributed by atoms with Crippen molar-refractivity contribution in [1.82, 2.24) is 0 Å². The van der Waals surface area contributed by atoms with Crippen LogP contribution in [0.15, 0.2) is 199 Å². The molecule has 0 N–H and O–H groups in total. The minimum Gasteiger partial charge on any atom is -0.456 e. The number of fused-ring (bicyclic) bond motifs is 6. The van der Waals surface area contributed by atoms with Crippen LogP contribution < -0.4 is 0 Å². The van der Waals surface area contributed by atoms with Gasteiger partial charge < -0.3 is 4.42 Å². The molecule has 1 aromatic heterocycles. The maximum absolute atomic E-state index is 5.93. The quantitative estimate of drug-likeness (QED) is 0.162. The summed E-state index contributed by atoms with van der Waals surface area (Å²) in [5.41, 5.74) is 21.5. The Labute approximate surface area is 394 Å². The van der Waals surface area contributed by atoms with Crippen LogP contribution in [-0.2, 0) is 17.3 Å². The van der Waals surface area contributed by atoms with Crippen molar-refractivity contribution in [3.63, 3.8) is 0 Å². The van der Waals surface area contributed by atoms with Crippen LogP contribution in [0.4, 0.5) is 0 Å². The van der Waals surface area contributed by atoms with Gasteiger partial charge in [0.2, 0.25) is 0 Å². The Morgan fingerprint density at radius 2 is 1.05 bits per heavy atom. The van der Waals surface area contributed by atoms with Crippen molar-refractivity contribution in [2.45, 2.75) is 98.3 Å². The first-order valence-electron chi connectivity index (χ1n) is 24.2. The zero-order valence-corrected chi connectivity index (χ0v) is 40.4. The molecule has 1 unspecified atom stereocenters. The van der Waals surface area contributed by atoms with Gasteiger partial charge in [0.05, 0.1) is 0 Å². The van der Waals surface area contributed by atoms with Gasteiger partial charge in [0.25, 0.3) is 0 Å². The number of hydrogen-bond acceptors (Lipinski definition) is 1. The number of para-hydroxylation sites is 1. The van der Waals surface area contributed by atoms with Crippen LogP contribution >= 0.6 is 0 Å².